The summed E-state index contributed by atoms with van der Waals surface area (Å²) in [5.41, 5.74) is 0. The van der Waals surface area contributed by atoms with Crippen LogP contribution in [0.4, 0.5) is 5.13 Å². The van der Waals surface area contributed by atoms with E-state index in [9.17, 15) is 8.42 Å². The van der Waals surface area contributed by atoms with Crippen molar-refractivity contribution in [2.24, 2.45) is 0 Å². The lowest BCUT2D eigenvalue weighted by atomic mass is 10.5. The Balaban J connectivity index is 1.83. The Kier molecular flexibility index (Phi) is 4.24. The van der Waals surface area contributed by atoms with Crippen LogP contribution in [0, 0.1) is 0 Å². The number of anilines is 1. The molecule has 1 aliphatic carbocycles. The van der Waals surface area contributed by atoms with Crippen molar-refractivity contribution >= 4 is 26.3 Å². The van der Waals surface area contributed by atoms with E-state index in [4.69, 9.17) is 0 Å². The lowest BCUT2D eigenvalue weighted by Gasteiger charge is -2.14. The third-order valence-electron chi connectivity index (χ3n) is 2.81. The molecule has 0 aliphatic heterocycles. The predicted molar refractivity (Wildman–Crippen MR) is 75.0 cm³/mol. The van der Waals surface area contributed by atoms with Crippen LogP contribution >= 0.6 is 11.3 Å². The predicted octanol–water partition coefficient (Wildman–Crippen LogP) is 0.876. The quantitative estimate of drug-likeness (QED) is 0.807. The van der Waals surface area contributed by atoms with Gasteiger partial charge in [0.15, 0.2) is 5.13 Å². The summed E-state index contributed by atoms with van der Waals surface area (Å²) in [5, 5.41) is 4.32. The van der Waals surface area contributed by atoms with Gasteiger partial charge in [0.25, 0.3) is 0 Å². The first-order valence-corrected chi connectivity index (χ1v) is 8.89. The molecule has 1 aliphatic rings. The zero-order valence-corrected chi connectivity index (χ0v) is 12.4. The lowest BCUT2D eigenvalue weighted by Crippen LogP contribution is -2.24. The number of rotatable bonds is 7. The first-order chi connectivity index (χ1) is 8.44. The molecule has 0 unspecified atom stereocenters. The van der Waals surface area contributed by atoms with Gasteiger partial charge in [0.2, 0.25) is 0 Å². The summed E-state index contributed by atoms with van der Waals surface area (Å²) in [6, 6.07) is 0.693. The summed E-state index contributed by atoms with van der Waals surface area (Å²) < 4.78 is 22.2. The normalized spacial score (nSPS) is 15.9. The number of sulfone groups is 1. The standard InChI is InChI=1S/C11H19N3O2S2/c1-14(5-6-18(2,15)16)11-13-8-10(17-11)7-12-9-3-4-9/h8-9,12H,3-7H2,1-2H3. The highest BCUT2D eigenvalue weighted by Gasteiger charge is 2.20. The molecule has 0 aromatic carbocycles. The maximum Gasteiger partial charge on any atom is 0.185 e. The lowest BCUT2D eigenvalue weighted by molar-refractivity contribution is 0.601. The number of hydrogen-bond donors (Lipinski definition) is 1. The molecule has 0 bridgehead atoms. The molecule has 1 aromatic rings. The van der Waals surface area contributed by atoms with Gasteiger partial charge in [-0.3, -0.25) is 0 Å². The summed E-state index contributed by atoms with van der Waals surface area (Å²) in [6.45, 7) is 1.35. The molecule has 1 fully saturated rings. The van der Waals surface area contributed by atoms with Gasteiger partial charge in [0.1, 0.15) is 9.84 Å². The fourth-order valence-electron chi connectivity index (χ4n) is 1.49. The van der Waals surface area contributed by atoms with Gasteiger partial charge in [-0.1, -0.05) is 0 Å². The summed E-state index contributed by atoms with van der Waals surface area (Å²) in [5.74, 6) is 0.165. The maximum atomic E-state index is 11.1. The second kappa shape index (κ2) is 5.54. The topological polar surface area (TPSA) is 62.3 Å². The van der Waals surface area contributed by atoms with Crippen molar-refractivity contribution in [2.45, 2.75) is 25.4 Å². The maximum absolute atomic E-state index is 11.1. The van der Waals surface area contributed by atoms with Gasteiger partial charge in [-0.25, -0.2) is 13.4 Å². The second-order valence-electron chi connectivity index (χ2n) is 4.82. The average Bonchev–Trinajstić information content (AvgIpc) is 3.00. The van der Waals surface area contributed by atoms with Crippen molar-refractivity contribution < 1.29 is 8.42 Å². The zero-order chi connectivity index (χ0) is 13.2. The van der Waals surface area contributed by atoms with Gasteiger partial charge < -0.3 is 10.2 Å². The Bertz CT molecular complexity index is 494. The Morgan fingerprint density at radius 2 is 2.28 bits per heavy atom. The number of nitrogens with one attached hydrogen (secondary N) is 1. The molecule has 1 N–H and O–H groups in total. The van der Waals surface area contributed by atoms with Gasteiger partial charge in [0.05, 0.1) is 5.75 Å². The third kappa shape index (κ3) is 4.55. The summed E-state index contributed by atoms with van der Waals surface area (Å²) in [4.78, 5) is 7.42. The highest BCUT2D eigenvalue weighted by atomic mass is 32.2. The van der Waals surface area contributed by atoms with Crippen molar-refractivity contribution in [3.63, 3.8) is 0 Å². The van der Waals surface area contributed by atoms with Crippen LogP contribution in [0.3, 0.4) is 0 Å². The van der Waals surface area contributed by atoms with E-state index < -0.39 is 9.84 Å². The van der Waals surface area contributed by atoms with Gasteiger partial charge in [-0.05, 0) is 12.8 Å². The molecule has 1 saturated carbocycles. The van der Waals surface area contributed by atoms with E-state index in [0.717, 1.165) is 11.7 Å². The molecular formula is C11H19N3O2S2. The Morgan fingerprint density at radius 1 is 1.56 bits per heavy atom. The molecule has 0 radical (unpaired) electrons. The highest BCUT2D eigenvalue weighted by Crippen LogP contribution is 2.23. The third-order valence-corrected chi connectivity index (χ3v) is 4.84. The molecule has 5 nitrogen and oxygen atoms in total. The molecule has 0 amide bonds. The van der Waals surface area contributed by atoms with Crippen molar-refractivity contribution in [1.29, 1.82) is 0 Å². The molecule has 2 rings (SSSR count). The van der Waals surface area contributed by atoms with Crippen LogP contribution in [0.1, 0.15) is 17.7 Å². The molecule has 0 atom stereocenters. The number of thiazole rings is 1. The van der Waals surface area contributed by atoms with E-state index in [2.05, 4.69) is 10.3 Å². The van der Waals surface area contributed by atoms with Gasteiger partial charge >= 0.3 is 0 Å². The molecule has 1 aromatic heterocycles. The molecule has 102 valence electrons. The van der Waals surface area contributed by atoms with Crippen molar-refractivity contribution in [3.8, 4) is 0 Å². The van der Waals surface area contributed by atoms with Crippen LogP contribution in [0.2, 0.25) is 0 Å². The summed E-state index contributed by atoms with van der Waals surface area (Å²) >= 11 is 1.62. The van der Waals surface area contributed by atoms with Gasteiger partial charge in [-0.2, -0.15) is 0 Å². The molecule has 18 heavy (non-hydrogen) atoms. The minimum atomic E-state index is -2.91. The first kappa shape index (κ1) is 13.8. The Morgan fingerprint density at radius 3 is 2.89 bits per heavy atom. The van der Waals surface area contributed by atoms with E-state index in [0.29, 0.717) is 12.6 Å². The van der Waals surface area contributed by atoms with E-state index >= 15 is 0 Å². The first-order valence-electron chi connectivity index (χ1n) is 6.01. The Hall–Kier alpha value is -0.660. The summed E-state index contributed by atoms with van der Waals surface area (Å²) in [6.07, 6.45) is 5.68. The summed E-state index contributed by atoms with van der Waals surface area (Å²) in [7, 11) is -1.03. The SMILES string of the molecule is CN(CCS(C)(=O)=O)c1ncc(CNC2CC2)s1. The fraction of sp³-hybridized carbons (Fsp3) is 0.727. The zero-order valence-electron chi connectivity index (χ0n) is 10.7. The van der Waals surface area contributed by atoms with Crippen LogP contribution in [0.25, 0.3) is 0 Å². The van der Waals surface area contributed by atoms with E-state index in [1.807, 2.05) is 18.1 Å². The molecule has 0 saturated heterocycles. The van der Waals surface area contributed by atoms with Crippen LogP contribution in [-0.4, -0.2) is 45.0 Å². The average molecular weight is 289 g/mol. The monoisotopic (exact) mass is 289 g/mol. The van der Waals surface area contributed by atoms with E-state index in [1.54, 1.807) is 11.3 Å². The molecule has 0 spiro atoms. The number of aromatic nitrogens is 1. The van der Waals surface area contributed by atoms with Crippen LogP contribution < -0.4 is 10.2 Å². The number of hydrogen-bond acceptors (Lipinski definition) is 6. The molecule has 7 heteroatoms. The van der Waals surface area contributed by atoms with E-state index in [-0.39, 0.29) is 5.75 Å². The number of nitrogens with zero attached hydrogens (tertiary/aromatic N) is 2. The van der Waals surface area contributed by atoms with Crippen molar-refractivity contribution in [1.82, 2.24) is 10.3 Å². The minimum Gasteiger partial charge on any atom is -0.350 e. The van der Waals surface area contributed by atoms with Crippen molar-refractivity contribution in [3.05, 3.63) is 11.1 Å². The van der Waals surface area contributed by atoms with Crippen LogP contribution in [0.5, 0.6) is 0 Å². The smallest absolute Gasteiger partial charge is 0.185 e. The molecule has 1 heterocycles. The van der Waals surface area contributed by atoms with Crippen LogP contribution in [0.15, 0.2) is 6.20 Å². The fourth-order valence-corrected chi connectivity index (χ4v) is 2.94. The largest absolute Gasteiger partial charge is 0.350 e. The van der Waals surface area contributed by atoms with Crippen molar-refractivity contribution in [2.75, 3.05) is 30.5 Å². The highest BCUT2D eigenvalue weighted by molar-refractivity contribution is 7.90. The van der Waals surface area contributed by atoms with E-state index in [1.165, 1.54) is 24.0 Å². The van der Waals surface area contributed by atoms with Gasteiger partial charge in [-0.15, -0.1) is 11.3 Å². The minimum absolute atomic E-state index is 0.165. The Labute approximate surface area is 112 Å². The van der Waals surface area contributed by atoms with Crippen LogP contribution in [-0.2, 0) is 16.4 Å². The molecular weight excluding hydrogens is 270 g/mol. The second-order valence-corrected chi connectivity index (χ2v) is 8.17. The van der Waals surface area contributed by atoms with Gasteiger partial charge in [0, 0.05) is 43.5 Å².